The molecule has 2 aromatic heterocycles. The number of nitrogens with one attached hydrogen (secondary N) is 1. The normalized spacial score (nSPS) is 15.8. The number of aromatic amines is 1. The highest BCUT2D eigenvalue weighted by atomic mass is 32.2. The summed E-state index contributed by atoms with van der Waals surface area (Å²) in [6.07, 6.45) is 0.771. The van der Waals surface area contributed by atoms with Gasteiger partial charge in [0.15, 0.2) is 0 Å². The van der Waals surface area contributed by atoms with Gasteiger partial charge >= 0.3 is 5.69 Å². The zero-order valence-electron chi connectivity index (χ0n) is 20.3. The maximum Gasteiger partial charge on any atom is 0.331 e. The van der Waals surface area contributed by atoms with E-state index in [1.165, 1.54) is 17.2 Å². The Morgan fingerprint density at radius 1 is 0.861 bits per heavy atom. The SMILES string of the molecule is Cn1c(=O)c2[nH]c(-c3ccc(S(=O)(=O)N4CCCN(Cc5ccccc5)CC4)cc3)cc2n(C)c1=O. The molecule has 9 nitrogen and oxygen atoms in total. The molecule has 4 aromatic rings. The van der Waals surface area contributed by atoms with Crippen LogP contribution in [0.2, 0.25) is 0 Å². The van der Waals surface area contributed by atoms with Crippen molar-refractivity contribution in [2.24, 2.45) is 14.1 Å². The minimum absolute atomic E-state index is 0.238. The number of sulfonamides is 1. The topological polar surface area (TPSA) is 100 Å². The van der Waals surface area contributed by atoms with Crippen molar-refractivity contribution in [2.45, 2.75) is 17.9 Å². The first-order valence-electron chi connectivity index (χ1n) is 11.9. The predicted molar refractivity (Wildman–Crippen MR) is 139 cm³/mol. The van der Waals surface area contributed by atoms with E-state index in [0.717, 1.165) is 29.6 Å². The Morgan fingerprint density at radius 2 is 1.58 bits per heavy atom. The van der Waals surface area contributed by atoms with Gasteiger partial charge in [-0.1, -0.05) is 42.5 Å². The molecule has 0 atom stereocenters. The van der Waals surface area contributed by atoms with Crippen molar-refractivity contribution in [3.63, 3.8) is 0 Å². The summed E-state index contributed by atoms with van der Waals surface area (Å²) in [4.78, 5) is 30.3. The third kappa shape index (κ3) is 4.43. The van der Waals surface area contributed by atoms with E-state index in [9.17, 15) is 18.0 Å². The van der Waals surface area contributed by atoms with Crippen LogP contribution in [-0.2, 0) is 30.7 Å². The summed E-state index contributed by atoms with van der Waals surface area (Å²) < 4.78 is 30.8. The lowest BCUT2D eigenvalue weighted by Crippen LogP contribution is -2.36. The highest BCUT2D eigenvalue weighted by Crippen LogP contribution is 2.25. The average molecular weight is 508 g/mol. The Morgan fingerprint density at radius 3 is 2.31 bits per heavy atom. The predicted octanol–water partition coefficient (Wildman–Crippen LogP) is 2.13. The third-order valence-electron chi connectivity index (χ3n) is 6.85. The number of fused-ring (bicyclic) bond motifs is 1. The van der Waals surface area contributed by atoms with Gasteiger partial charge in [-0.15, -0.1) is 0 Å². The third-order valence-corrected chi connectivity index (χ3v) is 8.76. The number of hydrogen-bond donors (Lipinski definition) is 1. The quantitative estimate of drug-likeness (QED) is 0.446. The first-order chi connectivity index (χ1) is 17.3. The van der Waals surface area contributed by atoms with Gasteiger partial charge in [-0.2, -0.15) is 4.31 Å². The second-order valence-corrected chi connectivity index (χ2v) is 11.1. The smallest absolute Gasteiger partial charge is 0.331 e. The summed E-state index contributed by atoms with van der Waals surface area (Å²) in [6, 6.07) is 18.6. The van der Waals surface area contributed by atoms with Gasteiger partial charge in [0, 0.05) is 46.0 Å². The van der Waals surface area contributed by atoms with E-state index in [-0.39, 0.29) is 4.90 Å². The van der Waals surface area contributed by atoms with Gasteiger partial charge in [0.1, 0.15) is 5.52 Å². The van der Waals surface area contributed by atoms with Crippen LogP contribution in [0, 0.1) is 0 Å². The largest absolute Gasteiger partial charge is 0.349 e. The zero-order valence-corrected chi connectivity index (χ0v) is 21.2. The van der Waals surface area contributed by atoms with Crippen LogP contribution in [0.5, 0.6) is 0 Å². The highest BCUT2D eigenvalue weighted by Gasteiger charge is 2.27. The molecule has 0 aliphatic carbocycles. The number of hydrogen-bond acceptors (Lipinski definition) is 5. The Bertz CT molecular complexity index is 1620. The molecule has 10 heteroatoms. The molecule has 1 aliphatic rings. The molecule has 1 saturated heterocycles. The van der Waals surface area contributed by atoms with Crippen LogP contribution >= 0.6 is 0 Å². The standard InChI is InChI=1S/C26H29N5O4S/c1-28-23-17-22(27-24(23)25(32)29(2)26(28)33)20-9-11-21(12-10-20)36(34,35)31-14-6-13-30(15-16-31)18-19-7-4-3-5-8-19/h3-5,7-12,17,27H,6,13-16,18H2,1-2H3. The summed E-state index contributed by atoms with van der Waals surface area (Å²) in [7, 11) is -0.583. The maximum absolute atomic E-state index is 13.4. The first kappa shape index (κ1) is 24.2. The molecule has 0 spiro atoms. The van der Waals surface area contributed by atoms with Crippen LogP contribution < -0.4 is 11.2 Å². The van der Waals surface area contributed by atoms with E-state index in [4.69, 9.17) is 0 Å². The molecule has 1 aliphatic heterocycles. The van der Waals surface area contributed by atoms with Crippen molar-refractivity contribution in [2.75, 3.05) is 26.2 Å². The number of aromatic nitrogens is 3. The fraction of sp³-hybridized carbons (Fsp3) is 0.308. The maximum atomic E-state index is 13.4. The minimum atomic E-state index is -3.63. The Kier molecular flexibility index (Phi) is 6.42. The second kappa shape index (κ2) is 9.53. The van der Waals surface area contributed by atoms with Crippen LogP contribution in [0.25, 0.3) is 22.3 Å². The highest BCUT2D eigenvalue weighted by molar-refractivity contribution is 7.89. The first-order valence-corrected chi connectivity index (χ1v) is 13.4. The number of nitrogens with zero attached hydrogens (tertiary/aromatic N) is 4. The molecule has 5 rings (SSSR count). The molecule has 0 radical (unpaired) electrons. The molecule has 1 fully saturated rings. The molecule has 36 heavy (non-hydrogen) atoms. The molecule has 0 saturated carbocycles. The zero-order chi connectivity index (χ0) is 25.4. The van der Waals surface area contributed by atoms with Gasteiger partial charge in [-0.25, -0.2) is 13.2 Å². The molecular weight excluding hydrogens is 478 g/mol. The van der Waals surface area contributed by atoms with E-state index in [1.54, 1.807) is 41.7 Å². The van der Waals surface area contributed by atoms with Gasteiger partial charge in [-0.3, -0.25) is 18.8 Å². The molecule has 2 aromatic carbocycles. The van der Waals surface area contributed by atoms with Gasteiger partial charge in [-0.05, 0) is 42.3 Å². The number of aryl methyl sites for hydroxylation is 1. The monoisotopic (exact) mass is 507 g/mol. The molecule has 1 N–H and O–H groups in total. The van der Waals surface area contributed by atoms with Gasteiger partial charge in [0.25, 0.3) is 5.56 Å². The summed E-state index contributed by atoms with van der Waals surface area (Å²) >= 11 is 0. The van der Waals surface area contributed by atoms with Crippen molar-refractivity contribution in [3.05, 3.63) is 87.1 Å². The van der Waals surface area contributed by atoms with Gasteiger partial charge in [0.2, 0.25) is 10.0 Å². The molecule has 0 amide bonds. The van der Waals surface area contributed by atoms with Crippen molar-refractivity contribution in [1.29, 1.82) is 0 Å². The lowest BCUT2D eigenvalue weighted by atomic mass is 10.1. The van der Waals surface area contributed by atoms with Crippen LogP contribution in [0.1, 0.15) is 12.0 Å². The molecular formula is C26H29N5O4S. The van der Waals surface area contributed by atoms with E-state index >= 15 is 0 Å². The summed E-state index contributed by atoms with van der Waals surface area (Å²) in [6.45, 7) is 3.25. The molecule has 3 heterocycles. The van der Waals surface area contributed by atoms with Crippen LogP contribution in [0.3, 0.4) is 0 Å². The van der Waals surface area contributed by atoms with Gasteiger partial charge in [0.05, 0.1) is 10.4 Å². The van der Waals surface area contributed by atoms with E-state index < -0.39 is 21.3 Å². The van der Waals surface area contributed by atoms with E-state index in [0.29, 0.717) is 36.4 Å². The van der Waals surface area contributed by atoms with Gasteiger partial charge < -0.3 is 4.98 Å². The van der Waals surface area contributed by atoms with E-state index in [2.05, 4.69) is 22.0 Å². The number of H-pyrrole nitrogens is 1. The molecule has 188 valence electrons. The lowest BCUT2D eigenvalue weighted by Gasteiger charge is -2.22. The fourth-order valence-electron chi connectivity index (χ4n) is 4.75. The second-order valence-electron chi connectivity index (χ2n) is 9.19. The Hall–Kier alpha value is -3.47. The Labute approximate surface area is 209 Å². The van der Waals surface area contributed by atoms with Crippen molar-refractivity contribution >= 4 is 21.1 Å². The minimum Gasteiger partial charge on any atom is -0.349 e. The summed E-state index contributed by atoms with van der Waals surface area (Å²) in [5, 5.41) is 0. The molecule has 0 bridgehead atoms. The van der Waals surface area contributed by atoms with E-state index in [1.807, 2.05) is 18.2 Å². The van der Waals surface area contributed by atoms with Crippen molar-refractivity contribution in [1.82, 2.24) is 23.3 Å². The lowest BCUT2D eigenvalue weighted by molar-refractivity contribution is 0.278. The van der Waals surface area contributed by atoms with Crippen molar-refractivity contribution < 1.29 is 8.42 Å². The number of benzene rings is 2. The molecule has 0 unspecified atom stereocenters. The van der Waals surface area contributed by atoms with Crippen LogP contribution in [0.4, 0.5) is 0 Å². The van der Waals surface area contributed by atoms with Crippen LogP contribution in [0.15, 0.2) is 75.1 Å². The van der Waals surface area contributed by atoms with Crippen molar-refractivity contribution in [3.8, 4) is 11.3 Å². The fourth-order valence-corrected chi connectivity index (χ4v) is 6.22. The Balaban J connectivity index is 1.35. The summed E-state index contributed by atoms with van der Waals surface area (Å²) in [5.41, 5.74) is 2.61. The van der Waals surface area contributed by atoms with Crippen LogP contribution in [-0.4, -0.2) is 57.9 Å². The number of rotatable bonds is 5. The summed E-state index contributed by atoms with van der Waals surface area (Å²) in [5.74, 6) is 0. The average Bonchev–Trinajstić information content (AvgIpc) is 3.21.